The number of carbonyl (C=O) groups is 2. The first-order chi connectivity index (χ1) is 9.02. The Kier molecular flexibility index (Phi) is 3.74. The van der Waals surface area contributed by atoms with E-state index in [1.165, 1.54) is 4.90 Å². The van der Waals surface area contributed by atoms with Crippen molar-refractivity contribution >= 4 is 17.6 Å². The molecule has 1 aliphatic rings. The minimum Gasteiger partial charge on any atom is -0.481 e. The van der Waals surface area contributed by atoms with Crippen molar-refractivity contribution < 1.29 is 19.4 Å². The molecule has 1 atom stereocenters. The van der Waals surface area contributed by atoms with Gasteiger partial charge in [0, 0.05) is 6.54 Å². The second kappa shape index (κ2) is 5.30. The van der Waals surface area contributed by atoms with E-state index in [4.69, 9.17) is 9.84 Å². The molecule has 0 saturated heterocycles. The first kappa shape index (κ1) is 13.4. The minimum atomic E-state index is -0.916. The van der Waals surface area contributed by atoms with Crippen LogP contribution >= 0.6 is 0 Å². The first-order valence-corrected chi connectivity index (χ1v) is 6.33. The zero-order chi connectivity index (χ0) is 14.0. The Morgan fingerprint density at radius 1 is 1.47 bits per heavy atom. The van der Waals surface area contributed by atoms with Gasteiger partial charge in [0.1, 0.15) is 5.75 Å². The highest BCUT2D eigenvalue weighted by atomic mass is 16.5. The fourth-order valence-corrected chi connectivity index (χ4v) is 2.13. The Balaban J connectivity index is 2.34. The molecule has 1 amide bonds. The van der Waals surface area contributed by atoms with Gasteiger partial charge in [-0.1, -0.05) is 13.0 Å². The number of hydrogen-bond acceptors (Lipinski definition) is 3. The largest absolute Gasteiger partial charge is 0.481 e. The molecule has 1 N–H and O–H groups in total. The molecule has 0 aromatic heterocycles. The van der Waals surface area contributed by atoms with E-state index in [-0.39, 0.29) is 18.9 Å². The lowest BCUT2D eigenvalue weighted by Crippen LogP contribution is -2.46. The van der Waals surface area contributed by atoms with E-state index >= 15 is 0 Å². The minimum absolute atomic E-state index is 0.0739. The standard InChI is InChI=1S/C14H17NO4/c1-3-11-14(18)15(7-6-13(16)17)10-5-4-9(2)8-12(10)19-11/h4-5,8,11H,3,6-7H2,1-2H3,(H,16,17). The number of benzene rings is 1. The highest BCUT2D eigenvalue weighted by molar-refractivity contribution is 6.00. The summed E-state index contributed by atoms with van der Waals surface area (Å²) in [6.45, 7) is 3.99. The van der Waals surface area contributed by atoms with E-state index in [0.717, 1.165) is 5.56 Å². The quantitative estimate of drug-likeness (QED) is 0.902. The molecule has 19 heavy (non-hydrogen) atoms. The summed E-state index contributed by atoms with van der Waals surface area (Å²) in [5, 5.41) is 8.78. The van der Waals surface area contributed by atoms with E-state index < -0.39 is 12.1 Å². The van der Waals surface area contributed by atoms with Crippen LogP contribution in [0.2, 0.25) is 0 Å². The molecular weight excluding hydrogens is 246 g/mol. The smallest absolute Gasteiger partial charge is 0.305 e. The Hall–Kier alpha value is -2.04. The monoisotopic (exact) mass is 263 g/mol. The first-order valence-electron chi connectivity index (χ1n) is 6.33. The van der Waals surface area contributed by atoms with E-state index in [9.17, 15) is 9.59 Å². The third-order valence-electron chi connectivity index (χ3n) is 3.14. The summed E-state index contributed by atoms with van der Waals surface area (Å²) in [5.41, 5.74) is 1.70. The van der Waals surface area contributed by atoms with Crippen molar-refractivity contribution in [2.75, 3.05) is 11.4 Å². The van der Waals surface area contributed by atoms with Gasteiger partial charge in [-0.25, -0.2) is 0 Å². The number of aliphatic carboxylic acids is 1. The van der Waals surface area contributed by atoms with Crippen LogP contribution in [0.15, 0.2) is 18.2 Å². The van der Waals surface area contributed by atoms with Crippen molar-refractivity contribution in [1.29, 1.82) is 0 Å². The van der Waals surface area contributed by atoms with Crippen LogP contribution in [0.4, 0.5) is 5.69 Å². The topological polar surface area (TPSA) is 66.8 Å². The molecule has 5 nitrogen and oxygen atoms in total. The van der Waals surface area contributed by atoms with Gasteiger partial charge in [-0.05, 0) is 31.0 Å². The lowest BCUT2D eigenvalue weighted by molar-refractivity contribution is -0.136. The van der Waals surface area contributed by atoms with Crippen LogP contribution in [-0.4, -0.2) is 29.6 Å². The van der Waals surface area contributed by atoms with Crippen LogP contribution in [0.5, 0.6) is 5.75 Å². The molecule has 5 heteroatoms. The zero-order valence-corrected chi connectivity index (χ0v) is 11.0. The summed E-state index contributed by atoms with van der Waals surface area (Å²) in [5.74, 6) is -0.432. The molecular formula is C14H17NO4. The van der Waals surface area contributed by atoms with Crippen molar-refractivity contribution in [3.05, 3.63) is 23.8 Å². The molecule has 0 aliphatic carbocycles. The van der Waals surface area contributed by atoms with Crippen molar-refractivity contribution in [3.63, 3.8) is 0 Å². The van der Waals surface area contributed by atoms with E-state index in [0.29, 0.717) is 17.9 Å². The number of anilines is 1. The van der Waals surface area contributed by atoms with Crippen molar-refractivity contribution in [2.24, 2.45) is 0 Å². The van der Waals surface area contributed by atoms with Gasteiger partial charge in [0.15, 0.2) is 6.10 Å². The average Bonchev–Trinajstić information content (AvgIpc) is 2.37. The normalized spacial score (nSPS) is 17.9. The molecule has 1 aromatic carbocycles. The summed E-state index contributed by atoms with van der Waals surface area (Å²) in [4.78, 5) is 24.4. The predicted octanol–water partition coefficient (Wildman–Crippen LogP) is 1.97. The highest BCUT2D eigenvalue weighted by Gasteiger charge is 2.33. The molecule has 0 spiro atoms. The number of hydrogen-bond donors (Lipinski definition) is 1. The second-order valence-corrected chi connectivity index (χ2v) is 4.62. The van der Waals surface area contributed by atoms with Crippen molar-refractivity contribution in [1.82, 2.24) is 0 Å². The summed E-state index contributed by atoms with van der Waals surface area (Å²) >= 11 is 0. The molecule has 1 aliphatic heterocycles. The molecule has 102 valence electrons. The molecule has 0 fully saturated rings. The number of nitrogens with zero attached hydrogens (tertiary/aromatic N) is 1. The van der Waals surface area contributed by atoms with Crippen LogP contribution < -0.4 is 9.64 Å². The number of aryl methyl sites for hydroxylation is 1. The summed E-state index contributed by atoms with van der Waals surface area (Å²) < 4.78 is 5.67. The molecule has 0 radical (unpaired) electrons. The fraction of sp³-hybridized carbons (Fsp3) is 0.429. The Bertz CT molecular complexity index is 512. The number of carboxylic acids is 1. The third-order valence-corrected chi connectivity index (χ3v) is 3.14. The van der Waals surface area contributed by atoms with Crippen molar-refractivity contribution in [2.45, 2.75) is 32.8 Å². The average molecular weight is 263 g/mol. The van der Waals surface area contributed by atoms with Crippen LogP contribution in [0.25, 0.3) is 0 Å². The van der Waals surface area contributed by atoms with Crippen LogP contribution in [0.3, 0.4) is 0 Å². The Morgan fingerprint density at radius 2 is 2.21 bits per heavy atom. The second-order valence-electron chi connectivity index (χ2n) is 4.62. The van der Waals surface area contributed by atoms with Gasteiger partial charge < -0.3 is 14.7 Å². The molecule has 1 unspecified atom stereocenters. The van der Waals surface area contributed by atoms with Crippen molar-refractivity contribution in [3.8, 4) is 5.75 Å². The lowest BCUT2D eigenvalue weighted by atomic mass is 10.1. The summed E-state index contributed by atoms with van der Waals surface area (Å²) in [6.07, 6.45) is -0.0336. The number of rotatable bonds is 4. The van der Waals surface area contributed by atoms with Gasteiger partial charge in [0.05, 0.1) is 12.1 Å². The highest BCUT2D eigenvalue weighted by Crippen LogP contribution is 2.35. The number of carboxylic acid groups (broad SMARTS) is 1. The summed E-state index contributed by atoms with van der Waals surface area (Å²) in [6, 6.07) is 5.56. The predicted molar refractivity (Wildman–Crippen MR) is 70.5 cm³/mol. The van der Waals surface area contributed by atoms with E-state index in [1.54, 1.807) is 6.07 Å². The van der Waals surface area contributed by atoms with Gasteiger partial charge in [-0.2, -0.15) is 0 Å². The number of amides is 1. The maximum absolute atomic E-state index is 12.2. The van der Waals surface area contributed by atoms with Gasteiger partial charge >= 0.3 is 5.97 Å². The molecule has 1 heterocycles. The molecule has 2 rings (SSSR count). The van der Waals surface area contributed by atoms with E-state index in [2.05, 4.69) is 0 Å². The maximum Gasteiger partial charge on any atom is 0.305 e. The van der Waals surface area contributed by atoms with Gasteiger partial charge in [-0.15, -0.1) is 0 Å². The zero-order valence-electron chi connectivity index (χ0n) is 11.0. The lowest BCUT2D eigenvalue weighted by Gasteiger charge is -2.34. The molecule has 1 aromatic rings. The molecule has 0 bridgehead atoms. The number of fused-ring (bicyclic) bond motifs is 1. The number of ether oxygens (including phenoxy) is 1. The van der Waals surface area contributed by atoms with Crippen LogP contribution in [-0.2, 0) is 9.59 Å². The third kappa shape index (κ3) is 2.70. The van der Waals surface area contributed by atoms with Crippen LogP contribution in [0.1, 0.15) is 25.3 Å². The SMILES string of the molecule is CCC1Oc2cc(C)ccc2N(CCC(=O)O)C1=O. The van der Waals surface area contributed by atoms with Crippen LogP contribution in [0, 0.1) is 6.92 Å². The van der Waals surface area contributed by atoms with Gasteiger partial charge in [-0.3, -0.25) is 9.59 Å². The van der Waals surface area contributed by atoms with Gasteiger partial charge in [0.2, 0.25) is 0 Å². The number of carbonyl (C=O) groups excluding carboxylic acids is 1. The fourth-order valence-electron chi connectivity index (χ4n) is 2.13. The maximum atomic E-state index is 12.2. The van der Waals surface area contributed by atoms with E-state index in [1.807, 2.05) is 26.0 Å². The Labute approximate surface area is 111 Å². The van der Waals surface area contributed by atoms with Gasteiger partial charge in [0.25, 0.3) is 5.91 Å². The molecule has 0 saturated carbocycles. The summed E-state index contributed by atoms with van der Waals surface area (Å²) in [7, 11) is 0. The Morgan fingerprint density at radius 3 is 2.84 bits per heavy atom.